The molecule has 0 heterocycles. The first-order valence-corrected chi connectivity index (χ1v) is 12.4. The summed E-state index contributed by atoms with van der Waals surface area (Å²) >= 11 is 0. The molecular weight excluding hydrogens is 556 g/mol. The number of rotatable bonds is 17. The third-order valence-corrected chi connectivity index (χ3v) is 5.71. The van der Waals surface area contributed by atoms with Gasteiger partial charge in [0, 0.05) is 11.1 Å². The SMILES string of the molecule is COC(=O)CN(CC(=O)OC)c1ccc(C=O)cc1OCCOc1cc(C=O)ccc1N(CC(=O)OC)CC(=O)OC. The predicted molar refractivity (Wildman–Crippen MR) is 147 cm³/mol. The number of aldehydes is 2. The van der Waals surface area contributed by atoms with E-state index in [0.717, 1.165) is 0 Å². The summed E-state index contributed by atoms with van der Waals surface area (Å²) in [6.07, 6.45) is 1.21. The highest BCUT2D eigenvalue weighted by molar-refractivity contribution is 5.85. The largest absolute Gasteiger partial charge is 0.488 e. The Labute approximate surface area is 241 Å². The summed E-state index contributed by atoms with van der Waals surface area (Å²) in [5.74, 6) is -2.18. The highest BCUT2D eigenvalue weighted by Crippen LogP contribution is 2.31. The first-order valence-electron chi connectivity index (χ1n) is 12.4. The summed E-state index contributed by atoms with van der Waals surface area (Å²) in [6, 6.07) is 8.85. The second-order valence-corrected chi connectivity index (χ2v) is 8.40. The molecule has 0 radical (unpaired) electrons. The lowest BCUT2D eigenvalue weighted by Gasteiger charge is -2.26. The monoisotopic (exact) mass is 588 g/mol. The van der Waals surface area contributed by atoms with Crippen LogP contribution in [0.15, 0.2) is 36.4 Å². The van der Waals surface area contributed by atoms with Crippen molar-refractivity contribution in [2.24, 2.45) is 0 Å². The van der Waals surface area contributed by atoms with Crippen LogP contribution >= 0.6 is 0 Å². The summed E-state index contributed by atoms with van der Waals surface area (Å²) in [5.41, 5.74) is 1.16. The number of esters is 4. The number of carbonyl (C=O) groups is 6. The molecule has 2 aromatic carbocycles. The zero-order valence-corrected chi connectivity index (χ0v) is 23.7. The molecule has 0 bridgehead atoms. The zero-order chi connectivity index (χ0) is 31.1. The van der Waals surface area contributed by atoms with Crippen LogP contribution in [0.25, 0.3) is 0 Å². The quantitative estimate of drug-likeness (QED) is 0.112. The van der Waals surface area contributed by atoms with Crippen LogP contribution in [0.3, 0.4) is 0 Å². The van der Waals surface area contributed by atoms with Gasteiger partial charge in [-0.3, -0.25) is 28.8 Å². The molecule has 0 fully saturated rings. The fourth-order valence-electron chi connectivity index (χ4n) is 3.60. The maximum atomic E-state index is 12.0. The summed E-state index contributed by atoms with van der Waals surface area (Å²) < 4.78 is 30.6. The fraction of sp³-hybridized carbons (Fsp3) is 0.357. The minimum absolute atomic E-state index is 0.0989. The van der Waals surface area contributed by atoms with Gasteiger partial charge in [0.2, 0.25) is 0 Å². The Morgan fingerprint density at radius 1 is 0.571 bits per heavy atom. The lowest BCUT2D eigenvalue weighted by molar-refractivity contribution is -0.141. The van der Waals surface area contributed by atoms with Crippen molar-refractivity contribution in [2.45, 2.75) is 0 Å². The molecule has 14 nitrogen and oxygen atoms in total. The number of methoxy groups -OCH3 is 4. The first kappa shape index (κ1) is 33.1. The average molecular weight is 589 g/mol. The van der Waals surface area contributed by atoms with Crippen molar-refractivity contribution in [3.8, 4) is 11.5 Å². The van der Waals surface area contributed by atoms with Gasteiger partial charge in [0.05, 0.1) is 39.8 Å². The van der Waals surface area contributed by atoms with Crippen molar-refractivity contribution in [1.82, 2.24) is 0 Å². The molecule has 0 aromatic heterocycles. The Hall–Kier alpha value is -5.14. The second kappa shape index (κ2) is 16.8. The van der Waals surface area contributed by atoms with Gasteiger partial charge < -0.3 is 38.2 Å². The topological polar surface area (TPSA) is 164 Å². The standard InChI is InChI=1S/C28H32N2O12/c1-37-25(33)13-29(14-26(34)38-2)21-7-5-19(17-31)11-23(21)41-9-10-42-24-12-20(18-32)6-8-22(24)30(15-27(35)39-3)16-28(36)40-4/h5-8,11-12,17-18H,9-10,13-16H2,1-4H3. The van der Waals surface area contributed by atoms with Crippen LogP contribution in [-0.2, 0) is 38.1 Å². The molecule has 0 aliphatic heterocycles. The third-order valence-electron chi connectivity index (χ3n) is 5.71. The van der Waals surface area contributed by atoms with Crippen molar-refractivity contribution in [3.63, 3.8) is 0 Å². The molecule has 0 N–H and O–H groups in total. The zero-order valence-electron chi connectivity index (χ0n) is 23.7. The van der Waals surface area contributed by atoms with Crippen LogP contribution in [0.1, 0.15) is 20.7 Å². The van der Waals surface area contributed by atoms with E-state index in [2.05, 4.69) is 0 Å². The Morgan fingerprint density at radius 2 is 0.881 bits per heavy atom. The second-order valence-electron chi connectivity index (χ2n) is 8.40. The fourth-order valence-corrected chi connectivity index (χ4v) is 3.60. The van der Waals surface area contributed by atoms with E-state index in [1.54, 1.807) is 0 Å². The maximum Gasteiger partial charge on any atom is 0.325 e. The normalized spacial score (nSPS) is 10.1. The summed E-state index contributed by atoms with van der Waals surface area (Å²) in [4.78, 5) is 73.6. The van der Waals surface area contributed by atoms with Gasteiger partial charge in [0.15, 0.2) is 0 Å². The van der Waals surface area contributed by atoms with Crippen molar-refractivity contribution in [3.05, 3.63) is 47.5 Å². The van der Waals surface area contributed by atoms with E-state index in [-0.39, 0.29) is 62.0 Å². The maximum absolute atomic E-state index is 12.0. The number of nitrogens with zero attached hydrogens (tertiary/aromatic N) is 2. The van der Waals surface area contributed by atoms with Gasteiger partial charge >= 0.3 is 23.9 Å². The molecule has 42 heavy (non-hydrogen) atoms. The highest BCUT2D eigenvalue weighted by Gasteiger charge is 2.22. The smallest absolute Gasteiger partial charge is 0.325 e. The molecule has 0 saturated heterocycles. The van der Waals surface area contributed by atoms with Crippen molar-refractivity contribution in [1.29, 1.82) is 0 Å². The van der Waals surface area contributed by atoms with Crippen LogP contribution in [0, 0.1) is 0 Å². The van der Waals surface area contributed by atoms with Gasteiger partial charge in [-0.1, -0.05) is 0 Å². The predicted octanol–water partition coefficient (Wildman–Crippen LogP) is 1.07. The van der Waals surface area contributed by atoms with Gasteiger partial charge in [-0.05, 0) is 36.4 Å². The van der Waals surface area contributed by atoms with E-state index in [1.165, 1.54) is 74.6 Å². The molecule has 0 unspecified atom stereocenters. The molecule has 0 spiro atoms. The molecule has 0 aliphatic carbocycles. The third kappa shape index (κ3) is 9.80. The molecule has 14 heteroatoms. The van der Waals surface area contributed by atoms with Crippen LogP contribution in [0.2, 0.25) is 0 Å². The van der Waals surface area contributed by atoms with E-state index in [1.807, 2.05) is 0 Å². The van der Waals surface area contributed by atoms with E-state index in [4.69, 9.17) is 28.4 Å². The number of anilines is 2. The molecule has 2 aromatic rings. The molecule has 0 saturated carbocycles. The van der Waals surface area contributed by atoms with Gasteiger partial charge in [0.1, 0.15) is 63.5 Å². The summed E-state index contributed by atoms with van der Waals surface area (Å²) in [5, 5.41) is 0. The number of benzene rings is 2. The van der Waals surface area contributed by atoms with E-state index < -0.39 is 23.9 Å². The number of ether oxygens (including phenoxy) is 6. The Balaban J connectivity index is 2.31. The summed E-state index contributed by atoms with van der Waals surface area (Å²) in [6.45, 7) is -1.43. The lowest BCUT2D eigenvalue weighted by atomic mass is 10.2. The molecule has 2 rings (SSSR count). The van der Waals surface area contributed by atoms with Gasteiger partial charge in [-0.15, -0.1) is 0 Å². The molecule has 226 valence electrons. The lowest BCUT2D eigenvalue weighted by Crippen LogP contribution is -2.36. The Morgan fingerprint density at radius 3 is 1.14 bits per heavy atom. The van der Waals surface area contributed by atoms with Crippen LogP contribution in [0.4, 0.5) is 11.4 Å². The van der Waals surface area contributed by atoms with Crippen molar-refractivity contribution >= 4 is 47.8 Å². The van der Waals surface area contributed by atoms with Gasteiger partial charge in [-0.2, -0.15) is 0 Å². The van der Waals surface area contributed by atoms with Gasteiger partial charge in [-0.25, -0.2) is 0 Å². The van der Waals surface area contributed by atoms with E-state index in [0.29, 0.717) is 23.9 Å². The minimum atomic E-state index is -0.626. The summed E-state index contributed by atoms with van der Waals surface area (Å²) in [7, 11) is 4.81. The Bertz CT molecular complexity index is 1150. The van der Waals surface area contributed by atoms with Crippen molar-refractivity contribution in [2.75, 3.05) is 77.6 Å². The van der Waals surface area contributed by atoms with Crippen LogP contribution < -0.4 is 19.3 Å². The van der Waals surface area contributed by atoms with E-state index in [9.17, 15) is 28.8 Å². The number of hydrogen-bond donors (Lipinski definition) is 0. The number of hydrogen-bond acceptors (Lipinski definition) is 14. The number of carbonyl (C=O) groups excluding carboxylic acids is 6. The average Bonchev–Trinajstić information content (AvgIpc) is 3.01. The first-order chi connectivity index (χ1) is 20.2. The highest BCUT2D eigenvalue weighted by atomic mass is 16.5. The molecular formula is C28H32N2O12. The van der Waals surface area contributed by atoms with Crippen LogP contribution in [0.5, 0.6) is 11.5 Å². The van der Waals surface area contributed by atoms with Crippen LogP contribution in [-0.4, -0.2) is 104 Å². The molecule has 0 atom stereocenters. The van der Waals surface area contributed by atoms with E-state index >= 15 is 0 Å². The van der Waals surface area contributed by atoms with Gasteiger partial charge in [0.25, 0.3) is 0 Å². The molecule has 0 amide bonds. The Kier molecular flexibility index (Phi) is 13.3. The minimum Gasteiger partial charge on any atom is -0.488 e. The molecule has 0 aliphatic rings. The van der Waals surface area contributed by atoms with Crippen molar-refractivity contribution < 1.29 is 57.2 Å².